The number of rotatable bonds is 7. The number of aromatic nitrogens is 3. The van der Waals surface area contributed by atoms with Crippen molar-refractivity contribution in [1.29, 1.82) is 0 Å². The van der Waals surface area contributed by atoms with Gasteiger partial charge in [0, 0.05) is 5.75 Å². The fourth-order valence-corrected chi connectivity index (χ4v) is 4.03. The number of hydrogen-bond donors (Lipinski definition) is 0. The largest absolute Gasteiger partial charge is 0.497 e. The van der Waals surface area contributed by atoms with E-state index in [1.165, 1.54) is 17.8 Å². The molecule has 0 spiro atoms. The maximum Gasteiger partial charge on any atom is 0.196 e. The summed E-state index contributed by atoms with van der Waals surface area (Å²) in [7, 11) is 3.25. The molecule has 3 aromatic carbocycles. The summed E-state index contributed by atoms with van der Waals surface area (Å²) in [6.07, 6.45) is 0. The van der Waals surface area contributed by atoms with E-state index in [9.17, 15) is 4.39 Å². The molecule has 152 valence electrons. The van der Waals surface area contributed by atoms with Gasteiger partial charge in [-0.2, -0.15) is 0 Å². The van der Waals surface area contributed by atoms with Gasteiger partial charge in [0.1, 0.15) is 17.3 Å². The zero-order valence-corrected chi connectivity index (χ0v) is 17.4. The summed E-state index contributed by atoms with van der Waals surface area (Å²) in [5, 5.41) is 9.49. The molecule has 0 atom stereocenters. The second-order valence-corrected chi connectivity index (χ2v) is 7.36. The molecule has 0 N–H and O–H groups in total. The minimum atomic E-state index is -0.231. The van der Waals surface area contributed by atoms with Gasteiger partial charge in [0.25, 0.3) is 0 Å². The van der Waals surface area contributed by atoms with Gasteiger partial charge in [-0.05, 0) is 48.0 Å². The minimum Gasteiger partial charge on any atom is -0.497 e. The van der Waals surface area contributed by atoms with E-state index in [1.54, 1.807) is 26.4 Å². The van der Waals surface area contributed by atoms with Crippen LogP contribution in [0, 0.1) is 5.82 Å². The van der Waals surface area contributed by atoms with Gasteiger partial charge in [-0.15, -0.1) is 10.2 Å². The van der Waals surface area contributed by atoms with Crippen LogP contribution in [-0.4, -0.2) is 29.0 Å². The van der Waals surface area contributed by atoms with Gasteiger partial charge in [0.15, 0.2) is 11.0 Å². The molecular formula is C23H20FN3O2S. The van der Waals surface area contributed by atoms with E-state index in [4.69, 9.17) is 9.47 Å². The van der Waals surface area contributed by atoms with Crippen molar-refractivity contribution >= 4 is 11.8 Å². The molecular weight excluding hydrogens is 401 g/mol. The summed E-state index contributed by atoms with van der Waals surface area (Å²) >= 11 is 1.43. The van der Waals surface area contributed by atoms with E-state index in [1.807, 2.05) is 59.2 Å². The lowest BCUT2D eigenvalue weighted by molar-refractivity contribution is 0.414. The summed E-state index contributed by atoms with van der Waals surface area (Å²) < 4.78 is 26.8. The van der Waals surface area contributed by atoms with Crippen molar-refractivity contribution in [2.45, 2.75) is 10.9 Å². The molecule has 1 heterocycles. The molecule has 5 nitrogen and oxygen atoms in total. The molecule has 0 amide bonds. The molecule has 0 fully saturated rings. The quantitative estimate of drug-likeness (QED) is 0.375. The summed E-state index contributed by atoms with van der Waals surface area (Å²) in [6, 6.07) is 22.0. The predicted molar refractivity (Wildman–Crippen MR) is 116 cm³/mol. The molecule has 0 aliphatic heterocycles. The van der Waals surface area contributed by atoms with Crippen LogP contribution in [-0.2, 0) is 5.75 Å². The van der Waals surface area contributed by atoms with Crippen LogP contribution in [0.15, 0.2) is 78.0 Å². The number of para-hydroxylation sites is 1. The van der Waals surface area contributed by atoms with Gasteiger partial charge in [-0.1, -0.05) is 42.1 Å². The third-order valence-electron chi connectivity index (χ3n) is 4.63. The second-order valence-electron chi connectivity index (χ2n) is 6.42. The molecule has 0 radical (unpaired) electrons. The molecule has 4 aromatic rings. The Labute approximate surface area is 178 Å². The van der Waals surface area contributed by atoms with Crippen molar-refractivity contribution in [2.75, 3.05) is 14.2 Å². The highest BCUT2D eigenvalue weighted by Crippen LogP contribution is 2.34. The average molecular weight is 421 g/mol. The third kappa shape index (κ3) is 4.02. The highest BCUT2D eigenvalue weighted by atomic mass is 32.2. The maximum atomic E-state index is 14.1. The highest BCUT2D eigenvalue weighted by Gasteiger charge is 2.19. The number of ether oxygens (including phenoxy) is 2. The summed E-state index contributed by atoms with van der Waals surface area (Å²) in [6.45, 7) is 0. The van der Waals surface area contributed by atoms with E-state index in [0.717, 1.165) is 17.0 Å². The van der Waals surface area contributed by atoms with Crippen LogP contribution >= 0.6 is 11.8 Å². The molecule has 0 saturated heterocycles. The van der Waals surface area contributed by atoms with Gasteiger partial charge in [-0.25, -0.2) is 4.39 Å². The Morgan fingerprint density at radius 2 is 1.60 bits per heavy atom. The Balaban J connectivity index is 1.78. The third-order valence-corrected chi connectivity index (χ3v) is 5.60. The molecule has 30 heavy (non-hydrogen) atoms. The molecule has 0 aliphatic carbocycles. The topological polar surface area (TPSA) is 49.2 Å². The average Bonchev–Trinajstić information content (AvgIpc) is 3.22. The minimum absolute atomic E-state index is 0.231. The highest BCUT2D eigenvalue weighted by molar-refractivity contribution is 7.98. The Hall–Kier alpha value is -3.32. The monoisotopic (exact) mass is 421 g/mol. The lowest BCUT2D eigenvalue weighted by atomic mass is 10.2. The van der Waals surface area contributed by atoms with E-state index in [0.29, 0.717) is 28.0 Å². The Morgan fingerprint density at radius 1 is 0.867 bits per heavy atom. The summed E-state index contributed by atoms with van der Waals surface area (Å²) in [5.41, 5.74) is 2.31. The van der Waals surface area contributed by atoms with Gasteiger partial charge < -0.3 is 9.47 Å². The van der Waals surface area contributed by atoms with Crippen LogP contribution in [0.4, 0.5) is 4.39 Å². The van der Waals surface area contributed by atoms with E-state index >= 15 is 0 Å². The van der Waals surface area contributed by atoms with E-state index in [2.05, 4.69) is 10.2 Å². The Morgan fingerprint density at radius 3 is 2.33 bits per heavy atom. The van der Waals surface area contributed by atoms with E-state index < -0.39 is 0 Å². The van der Waals surface area contributed by atoms with Gasteiger partial charge in [-0.3, -0.25) is 4.57 Å². The lowest BCUT2D eigenvalue weighted by Gasteiger charge is -2.13. The fourth-order valence-electron chi connectivity index (χ4n) is 3.09. The van der Waals surface area contributed by atoms with Crippen LogP contribution in [0.2, 0.25) is 0 Å². The van der Waals surface area contributed by atoms with Crippen molar-refractivity contribution in [3.8, 4) is 28.6 Å². The van der Waals surface area contributed by atoms with Gasteiger partial charge in [0.05, 0.1) is 25.5 Å². The van der Waals surface area contributed by atoms with Crippen LogP contribution < -0.4 is 9.47 Å². The van der Waals surface area contributed by atoms with Crippen LogP contribution in [0.25, 0.3) is 17.1 Å². The zero-order chi connectivity index (χ0) is 20.9. The Kier molecular flexibility index (Phi) is 5.99. The fraction of sp³-hybridized carbons (Fsp3) is 0.130. The van der Waals surface area contributed by atoms with Crippen molar-refractivity contribution in [3.05, 3.63) is 84.2 Å². The lowest BCUT2D eigenvalue weighted by Crippen LogP contribution is -2.01. The van der Waals surface area contributed by atoms with Crippen molar-refractivity contribution < 1.29 is 13.9 Å². The predicted octanol–water partition coefficient (Wildman–Crippen LogP) is 5.38. The van der Waals surface area contributed by atoms with E-state index in [-0.39, 0.29) is 5.82 Å². The smallest absolute Gasteiger partial charge is 0.196 e. The second kappa shape index (κ2) is 9.00. The number of halogens is 1. The van der Waals surface area contributed by atoms with Gasteiger partial charge in [0.2, 0.25) is 0 Å². The zero-order valence-electron chi connectivity index (χ0n) is 16.6. The van der Waals surface area contributed by atoms with Crippen molar-refractivity contribution in [3.63, 3.8) is 0 Å². The van der Waals surface area contributed by atoms with Gasteiger partial charge >= 0.3 is 0 Å². The first-order chi connectivity index (χ1) is 14.7. The molecule has 0 unspecified atom stereocenters. The normalized spacial score (nSPS) is 10.8. The first-order valence-corrected chi connectivity index (χ1v) is 10.3. The molecule has 7 heteroatoms. The molecule has 0 aliphatic rings. The van der Waals surface area contributed by atoms with Crippen LogP contribution in [0.5, 0.6) is 11.5 Å². The van der Waals surface area contributed by atoms with Crippen LogP contribution in [0.1, 0.15) is 5.56 Å². The van der Waals surface area contributed by atoms with Crippen LogP contribution in [0.3, 0.4) is 0 Å². The molecule has 0 saturated carbocycles. The number of nitrogens with zero attached hydrogens (tertiary/aromatic N) is 3. The number of methoxy groups -OCH3 is 2. The molecule has 1 aromatic heterocycles. The molecule has 4 rings (SSSR count). The maximum absolute atomic E-state index is 14.1. The Bertz CT molecular complexity index is 1150. The van der Waals surface area contributed by atoms with Crippen molar-refractivity contribution in [1.82, 2.24) is 14.8 Å². The SMILES string of the molecule is COc1ccc(-n2c(SCc3ccccc3F)nnc2-c2ccccc2OC)cc1. The first kappa shape index (κ1) is 20.0. The first-order valence-electron chi connectivity index (χ1n) is 9.30. The number of hydrogen-bond acceptors (Lipinski definition) is 5. The molecule has 0 bridgehead atoms. The number of thioether (sulfide) groups is 1. The van der Waals surface area contributed by atoms with Crippen molar-refractivity contribution in [2.24, 2.45) is 0 Å². The summed E-state index contributed by atoms with van der Waals surface area (Å²) in [4.78, 5) is 0. The summed E-state index contributed by atoms with van der Waals surface area (Å²) in [5.74, 6) is 2.31. The number of benzene rings is 3. The standard InChI is InChI=1S/C23H20FN3O2S/c1-28-18-13-11-17(12-14-18)27-22(19-8-4-6-10-21(19)29-2)25-26-23(27)30-15-16-7-3-5-9-20(16)24/h3-14H,15H2,1-2H3.